The first-order chi connectivity index (χ1) is 19.8. The van der Waals surface area contributed by atoms with Gasteiger partial charge in [-0.1, -0.05) is 37.0 Å². The van der Waals surface area contributed by atoms with Gasteiger partial charge in [0, 0.05) is 36.8 Å². The predicted octanol–water partition coefficient (Wildman–Crippen LogP) is 4.04. The summed E-state index contributed by atoms with van der Waals surface area (Å²) in [6.45, 7) is 3.35. The zero-order chi connectivity index (χ0) is 30.7. The van der Waals surface area contributed by atoms with Crippen molar-refractivity contribution in [1.29, 1.82) is 0 Å². The Kier molecular flexibility index (Phi) is 9.25. The van der Waals surface area contributed by atoms with Crippen LogP contribution in [-0.4, -0.2) is 72.5 Å². The van der Waals surface area contributed by atoms with Gasteiger partial charge in [-0.15, -0.1) is 0 Å². The molecule has 0 aliphatic carbocycles. The van der Waals surface area contributed by atoms with Gasteiger partial charge < -0.3 is 14.7 Å². The minimum absolute atomic E-state index is 0.0164. The van der Waals surface area contributed by atoms with E-state index in [2.05, 4.69) is 16.8 Å². The van der Waals surface area contributed by atoms with Crippen LogP contribution in [0.15, 0.2) is 71.8 Å². The number of amides is 1. The normalized spacial score (nSPS) is 18.3. The fourth-order valence-electron chi connectivity index (χ4n) is 4.40. The van der Waals surface area contributed by atoms with Crippen molar-refractivity contribution >= 4 is 15.9 Å². The summed E-state index contributed by atoms with van der Waals surface area (Å²) < 4.78 is 72.3. The second-order valence-electron chi connectivity index (χ2n) is 10.1. The van der Waals surface area contributed by atoms with Gasteiger partial charge >= 0.3 is 6.18 Å². The average Bonchev–Trinajstić information content (AvgIpc) is 2.97. The van der Waals surface area contributed by atoms with Gasteiger partial charge in [-0.05, 0) is 49.4 Å². The summed E-state index contributed by atoms with van der Waals surface area (Å²) in [5.41, 5.74) is -0.0665. The molecule has 0 spiro atoms. The lowest BCUT2D eigenvalue weighted by molar-refractivity contribution is -0.137. The Morgan fingerprint density at radius 3 is 2.38 bits per heavy atom. The summed E-state index contributed by atoms with van der Waals surface area (Å²) in [5, 5.41) is 9.86. The Bertz CT molecular complexity index is 1590. The number of hydrogen-bond acceptors (Lipinski definition) is 6. The van der Waals surface area contributed by atoms with E-state index in [1.54, 1.807) is 25.1 Å². The van der Waals surface area contributed by atoms with Crippen molar-refractivity contribution in [3.63, 3.8) is 0 Å². The third-order valence-electron chi connectivity index (χ3n) is 6.97. The average molecular weight is 602 g/mol. The Hall–Kier alpha value is -3.92. The fraction of sp³-hybridized carbons (Fsp3) is 0.333. The second-order valence-corrected chi connectivity index (χ2v) is 12.2. The Labute approximate surface area is 242 Å². The highest BCUT2D eigenvalue weighted by Gasteiger charge is 2.36. The minimum Gasteiger partial charge on any atom is -0.472 e. The summed E-state index contributed by atoms with van der Waals surface area (Å²) in [6, 6.07) is 13.3. The lowest BCUT2D eigenvalue weighted by Crippen LogP contribution is -2.50. The molecule has 2 aromatic carbocycles. The molecular weight excluding hydrogens is 571 g/mol. The van der Waals surface area contributed by atoms with Crippen molar-refractivity contribution in [2.45, 2.75) is 37.1 Å². The number of pyridine rings is 1. The summed E-state index contributed by atoms with van der Waals surface area (Å²) >= 11 is 0. The summed E-state index contributed by atoms with van der Waals surface area (Å²) in [7, 11) is -2.38. The van der Waals surface area contributed by atoms with Crippen LogP contribution in [0.5, 0.6) is 5.88 Å². The van der Waals surface area contributed by atoms with Gasteiger partial charge in [0.15, 0.2) is 0 Å². The third-order valence-corrected chi connectivity index (χ3v) is 8.81. The maximum absolute atomic E-state index is 13.6. The van der Waals surface area contributed by atoms with E-state index in [0.717, 1.165) is 12.1 Å². The van der Waals surface area contributed by atoms with Crippen LogP contribution in [0.3, 0.4) is 0 Å². The zero-order valence-corrected chi connectivity index (χ0v) is 24.0. The van der Waals surface area contributed by atoms with Crippen LogP contribution in [0.1, 0.15) is 40.9 Å². The van der Waals surface area contributed by atoms with Crippen LogP contribution in [-0.2, 0) is 16.2 Å². The number of likely N-dealkylation sites (N-methyl/N-ethyl adjacent to an activating group) is 1. The number of ether oxygens (including phenoxy) is 1. The van der Waals surface area contributed by atoms with Crippen molar-refractivity contribution in [1.82, 2.24) is 14.2 Å². The van der Waals surface area contributed by atoms with Gasteiger partial charge in [0.1, 0.15) is 11.7 Å². The van der Waals surface area contributed by atoms with E-state index in [-0.39, 0.29) is 42.0 Å². The fourth-order valence-corrected chi connectivity index (χ4v) is 5.60. The first-order valence-electron chi connectivity index (χ1n) is 13.1. The van der Waals surface area contributed by atoms with Crippen LogP contribution < -0.4 is 4.74 Å². The number of halogens is 3. The number of benzene rings is 2. The maximum Gasteiger partial charge on any atom is 0.416 e. The summed E-state index contributed by atoms with van der Waals surface area (Å²) in [6.07, 6.45) is -3.79. The minimum atomic E-state index is -4.46. The molecule has 2 heterocycles. The highest BCUT2D eigenvalue weighted by Crippen LogP contribution is 2.30. The Morgan fingerprint density at radius 1 is 1.12 bits per heavy atom. The molecule has 0 bridgehead atoms. The molecule has 0 unspecified atom stereocenters. The molecule has 0 saturated heterocycles. The van der Waals surface area contributed by atoms with Gasteiger partial charge in [0.25, 0.3) is 5.91 Å². The van der Waals surface area contributed by atoms with Crippen molar-refractivity contribution < 1.29 is 36.2 Å². The number of alkyl halides is 3. The number of aliphatic hydroxyl groups is 1. The van der Waals surface area contributed by atoms with Gasteiger partial charge in [-0.2, -0.15) is 17.5 Å². The summed E-state index contributed by atoms with van der Waals surface area (Å²) in [5.74, 6) is 4.78. The van der Waals surface area contributed by atoms with Crippen molar-refractivity contribution in [3.05, 3.63) is 89.1 Å². The molecule has 4 rings (SSSR count). The van der Waals surface area contributed by atoms with E-state index in [1.807, 2.05) is 6.92 Å². The van der Waals surface area contributed by atoms with Gasteiger partial charge in [0.2, 0.25) is 15.9 Å². The monoisotopic (exact) mass is 601 g/mol. The largest absolute Gasteiger partial charge is 0.472 e. The van der Waals surface area contributed by atoms with Crippen LogP contribution in [0.2, 0.25) is 0 Å². The molecule has 1 aromatic heterocycles. The number of aliphatic hydroxyl groups excluding tert-OH is 1. The molecule has 3 aromatic rings. The second kappa shape index (κ2) is 12.5. The van der Waals surface area contributed by atoms with Crippen LogP contribution in [0.4, 0.5) is 13.2 Å². The molecule has 42 heavy (non-hydrogen) atoms. The van der Waals surface area contributed by atoms with E-state index >= 15 is 0 Å². The maximum atomic E-state index is 13.6. The van der Waals surface area contributed by atoms with E-state index < -0.39 is 39.8 Å². The number of aromatic nitrogens is 1. The molecule has 1 N–H and O–H groups in total. The number of nitrogens with zero attached hydrogens (tertiary/aromatic N) is 3. The molecule has 1 amide bonds. The lowest BCUT2D eigenvalue weighted by atomic mass is 10.0. The Morgan fingerprint density at radius 2 is 1.76 bits per heavy atom. The molecule has 0 radical (unpaired) electrons. The first-order valence-corrected chi connectivity index (χ1v) is 14.5. The molecule has 1 aliphatic rings. The van der Waals surface area contributed by atoms with Crippen molar-refractivity contribution in [2.24, 2.45) is 5.92 Å². The highest BCUT2D eigenvalue weighted by atomic mass is 32.2. The molecule has 222 valence electrons. The number of hydrogen-bond donors (Lipinski definition) is 1. The zero-order valence-electron chi connectivity index (χ0n) is 23.2. The number of carbonyl (C=O) groups is 1. The topological polar surface area (TPSA) is 100 Å². The number of sulfonamides is 1. The first kappa shape index (κ1) is 31.0. The van der Waals surface area contributed by atoms with Gasteiger partial charge in [-0.25, -0.2) is 13.4 Å². The van der Waals surface area contributed by atoms with Gasteiger partial charge in [0.05, 0.1) is 29.7 Å². The quantitative estimate of drug-likeness (QED) is 0.429. The van der Waals surface area contributed by atoms with Crippen molar-refractivity contribution in [2.75, 3.05) is 26.7 Å². The number of rotatable bonds is 6. The summed E-state index contributed by atoms with van der Waals surface area (Å²) in [4.78, 5) is 19.5. The van der Waals surface area contributed by atoms with Crippen molar-refractivity contribution in [3.8, 4) is 17.7 Å². The number of carbonyl (C=O) groups excluding carboxylic acids is 1. The molecule has 8 nitrogen and oxygen atoms in total. The lowest BCUT2D eigenvalue weighted by Gasteiger charge is -2.37. The van der Waals surface area contributed by atoms with E-state index in [0.29, 0.717) is 11.1 Å². The van der Waals surface area contributed by atoms with Crippen LogP contribution in [0.25, 0.3) is 0 Å². The molecule has 12 heteroatoms. The van der Waals surface area contributed by atoms with Gasteiger partial charge in [-0.3, -0.25) is 4.79 Å². The molecular formula is C30H30F3N3O5S. The smallest absolute Gasteiger partial charge is 0.416 e. The van der Waals surface area contributed by atoms with E-state index in [9.17, 15) is 31.5 Å². The van der Waals surface area contributed by atoms with Crippen LogP contribution >= 0.6 is 0 Å². The Balaban J connectivity index is 1.66. The molecule has 0 fully saturated rings. The SMILES string of the molecule is C[C@H](CO)N1C[C@H](C)[C@H](CN(C)S(=O)(=O)c2ccccc2)Oc2ncc(C#Cc3ccc(C(F)(F)F)cc3)cc2C1=O. The molecule has 1 aliphatic heterocycles. The van der Waals surface area contributed by atoms with E-state index in [1.165, 1.54) is 52.8 Å². The van der Waals surface area contributed by atoms with E-state index in [4.69, 9.17) is 4.74 Å². The van der Waals surface area contributed by atoms with Crippen LogP contribution in [0, 0.1) is 17.8 Å². The standard InChI is InChI=1S/C30H30F3N3O5S/c1-20-17-36(21(2)19-37)29(38)26-15-23(10-9-22-11-13-24(14-12-22)30(31,32)33)16-34-28(26)41-27(20)18-35(3)42(39,40)25-7-5-4-6-8-25/h4-8,11-16,20-21,27,37H,17-19H2,1-3H3/t20-,21+,27-/m0/s1. The molecule has 0 saturated carbocycles. The number of fused-ring (bicyclic) bond motifs is 1. The highest BCUT2D eigenvalue weighted by molar-refractivity contribution is 7.89. The molecule has 3 atom stereocenters. The predicted molar refractivity (Wildman–Crippen MR) is 149 cm³/mol. The third kappa shape index (κ3) is 6.92.